The molecular weight excluding hydrogens is 276 g/mol. The smallest absolute Gasteiger partial charge is 0.159 e. The summed E-state index contributed by atoms with van der Waals surface area (Å²) in [5.74, 6) is 0.292. The van der Waals surface area contributed by atoms with E-state index in [9.17, 15) is 13.2 Å². The van der Waals surface area contributed by atoms with Crippen LogP contribution in [0.5, 0.6) is 5.75 Å². The van der Waals surface area contributed by atoms with Crippen molar-refractivity contribution >= 4 is 15.6 Å². The number of carbonyl (C=O) groups is 1. The van der Waals surface area contributed by atoms with Crippen LogP contribution in [-0.2, 0) is 15.6 Å². The Morgan fingerprint density at radius 2 is 1.85 bits per heavy atom. The topological polar surface area (TPSA) is 60.4 Å². The third-order valence-corrected chi connectivity index (χ3v) is 5.60. The highest BCUT2D eigenvalue weighted by molar-refractivity contribution is 7.91. The second-order valence-electron chi connectivity index (χ2n) is 5.68. The maximum Gasteiger partial charge on any atom is 0.159 e. The van der Waals surface area contributed by atoms with Gasteiger partial charge in [0.15, 0.2) is 15.6 Å². The number of hydrogen-bond donors (Lipinski definition) is 0. The third-order valence-electron chi connectivity index (χ3n) is 3.05. The minimum absolute atomic E-state index is 0.0949. The minimum atomic E-state index is -3.33. The fourth-order valence-corrected chi connectivity index (χ4v) is 2.70. The molecule has 0 aliphatic rings. The lowest BCUT2D eigenvalue weighted by atomic mass is 10.1. The van der Waals surface area contributed by atoms with E-state index in [1.54, 1.807) is 39.0 Å². The first-order valence-electron chi connectivity index (χ1n) is 6.57. The van der Waals surface area contributed by atoms with E-state index in [1.807, 2.05) is 6.92 Å². The molecule has 0 heterocycles. The second kappa shape index (κ2) is 5.95. The van der Waals surface area contributed by atoms with Crippen molar-refractivity contribution in [1.29, 1.82) is 0 Å². The monoisotopic (exact) mass is 298 g/mol. The van der Waals surface area contributed by atoms with Crippen molar-refractivity contribution in [2.75, 3.05) is 6.61 Å². The van der Waals surface area contributed by atoms with Gasteiger partial charge in [0.1, 0.15) is 5.75 Å². The summed E-state index contributed by atoms with van der Waals surface area (Å²) in [6, 6.07) is 4.92. The van der Waals surface area contributed by atoms with Crippen LogP contribution in [-0.4, -0.2) is 25.6 Å². The number of Topliss-reactive ketones (excluding diaryl/α,β-unsaturated/α-hetero) is 1. The van der Waals surface area contributed by atoms with Gasteiger partial charge in [0.25, 0.3) is 0 Å². The first kappa shape index (κ1) is 16.7. The summed E-state index contributed by atoms with van der Waals surface area (Å²) in [5.41, 5.74) is 1.03. The minimum Gasteiger partial charge on any atom is -0.494 e. The number of sulfone groups is 1. The van der Waals surface area contributed by atoms with E-state index >= 15 is 0 Å². The van der Waals surface area contributed by atoms with Gasteiger partial charge in [-0.05, 0) is 52.8 Å². The highest BCUT2D eigenvalue weighted by Crippen LogP contribution is 2.27. The summed E-state index contributed by atoms with van der Waals surface area (Å²) in [4.78, 5) is 11.4. The molecule has 1 aromatic rings. The summed E-state index contributed by atoms with van der Waals surface area (Å²) in [7, 11) is -3.33. The average Bonchev–Trinajstić information content (AvgIpc) is 2.29. The Balaban J connectivity index is 3.27. The normalized spacial score (nSPS) is 12.2. The Hall–Kier alpha value is -1.36. The van der Waals surface area contributed by atoms with E-state index in [0.29, 0.717) is 23.5 Å². The Labute approximate surface area is 121 Å². The van der Waals surface area contributed by atoms with Gasteiger partial charge >= 0.3 is 0 Å². The van der Waals surface area contributed by atoms with Gasteiger partial charge in [-0.2, -0.15) is 0 Å². The molecule has 5 heteroatoms. The highest BCUT2D eigenvalue weighted by Gasteiger charge is 2.30. The van der Waals surface area contributed by atoms with Gasteiger partial charge in [0.05, 0.1) is 17.1 Å². The van der Waals surface area contributed by atoms with Crippen LogP contribution in [0.1, 0.15) is 50.5 Å². The summed E-state index contributed by atoms with van der Waals surface area (Å²) < 4.78 is 29.2. The van der Waals surface area contributed by atoms with Gasteiger partial charge in [-0.3, -0.25) is 4.79 Å². The molecule has 0 N–H and O–H groups in total. The van der Waals surface area contributed by atoms with Gasteiger partial charge in [-0.25, -0.2) is 8.42 Å². The SMILES string of the molecule is CCOc1ccc(C(C)=O)cc1CS(=O)(=O)C(C)(C)C. The number of rotatable bonds is 5. The van der Waals surface area contributed by atoms with Gasteiger partial charge < -0.3 is 4.74 Å². The fourth-order valence-electron chi connectivity index (χ4n) is 1.63. The average molecular weight is 298 g/mol. The van der Waals surface area contributed by atoms with Crippen LogP contribution in [0.15, 0.2) is 18.2 Å². The number of carbonyl (C=O) groups excluding carboxylic acids is 1. The summed E-state index contributed by atoms with van der Waals surface area (Å²) in [6.07, 6.45) is 0. The molecule has 0 saturated carbocycles. The lowest BCUT2D eigenvalue weighted by molar-refractivity contribution is 0.101. The molecule has 0 unspecified atom stereocenters. The third kappa shape index (κ3) is 3.82. The van der Waals surface area contributed by atoms with Crippen molar-refractivity contribution in [1.82, 2.24) is 0 Å². The zero-order valence-electron chi connectivity index (χ0n) is 12.7. The van der Waals surface area contributed by atoms with Crippen molar-refractivity contribution < 1.29 is 17.9 Å². The van der Waals surface area contributed by atoms with Crippen molar-refractivity contribution in [3.63, 3.8) is 0 Å². The Morgan fingerprint density at radius 3 is 2.30 bits per heavy atom. The van der Waals surface area contributed by atoms with E-state index in [2.05, 4.69) is 0 Å². The number of benzene rings is 1. The second-order valence-corrected chi connectivity index (χ2v) is 8.43. The molecule has 112 valence electrons. The van der Waals surface area contributed by atoms with Crippen LogP contribution < -0.4 is 4.74 Å². The van der Waals surface area contributed by atoms with Crippen LogP contribution in [0.4, 0.5) is 0 Å². The molecular formula is C15H22O4S. The largest absolute Gasteiger partial charge is 0.494 e. The molecule has 0 saturated heterocycles. The fraction of sp³-hybridized carbons (Fsp3) is 0.533. The molecule has 4 nitrogen and oxygen atoms in total. The predicted octanol–water partition coefficient (Wildman–Crippen LogP) is 3.00. The van der Waals surface area contributed by atoms with Crippen LogP contribution in [0.3, 0.4) is 0 Å². The number of hydrogen-bond acceptors (Lipinski definition) is 4. The molecule has 0 spiro atoms. The van der Waals surface area contributed by atoms with Crippen molar-refractivity contribution in [2.24, 2.45) is 0 Å². The Kier molecular flexibility index (Phi) is 4.97. The lowest BCUT2D eigenvalue weighted by Gasteiger charge is -2.20. The van der Waals surface area contributed by atoms with E-state index < -0.39 is 14.6 Å². The van der Waals surface area contributed by atoms with Gasteiger partial charge in [0.2, 0.25) is 0 Å². The zero-order valence-corrected chi connectivity index (χ0v) is 13.5. The van der Waals surface area contributed by atoms with E-state index in [-0.39, 0.29) is 11.5 Å². The van der Waals surface area contributed by atoms with Gasteiger partial charge in [-0.15, -0.1) is 0 Å². The van der Waals surface area contributed by atoms with Crippen molar-refractivity contribution in [2.45, 2.75) is 45.1 Å². The van der Waals surface area contributed by atoms with E-state index in [1.165, 1.54) is 6.92 Å². The molecule has 0 radical (unpaired) electrons. The molecule has 0 fully saturated rings. The molecule has 1 aromatic carbocycles. The maximum absolute atomic E-state index is 12.3. The first-order valence-corrected chi connectivity index (χ1v) is 8.22. The van der Waals surface area contributed by atoms with Crippen LogP contribution in [0.2, 0.25) is 0 Å². The van der Waals surface area contributed by atoms with Crippen molar-refractivity contribution in [3.8, 4) is 5.75 Å². The molecule has 0 aromatic heterocycles. The van der Waals surface area contributed by atoms with Crippen molar-refractivity contribution in [3.05, 3.63) is 29.3 Å². The zero-order chi connectivity index (χ0) is 15.6. The number of ether oxygens (including phenoxy) is 1. The quantitative estimate of drug-likeness (QED) is 0.784. The maximum atomic E-state index is 12.3. The summed E-state index contributed by atoms with van der Waals surface area (Å²) in [6.45, 7) is 8.73. The summed E-state index contributed by atoms with van der Waals surface area (Å²) in [5, 5.41) is 0. The van der Waals surface area contributed by atoms with Gasteiger partial charge in [-0.1, -0.05) is 0 Å². The predicted molar refractivity (Wildman–Crippen MR) is 80.0 cm³/mol. The Morgan fingerprint density at radius 1 is 1.25 bits per heavy atom. The highest BCUT2D eigenvalue weighted by atomic mass is 32.2. The number of ketones is 1. The van der Waals surface area contributed by atoms with Gasteiger partial charge in [0, 0.05) is 11.1 Å². The lowest BCUT2D eigenvalue weighted by Crippen LogP contribution is -2.29. The molecule has 0 aliphatic heterocycles. The molecule has 0 atom stereocenters. The molecule has 1 rings (SSSR count). The first-order chi connectivity index (χ1) is 9.08. The molecule has 0 bridgehead atoms. The van der Waals surface area contributed by atoms with Crippen LogP contribution in [0.25, 0.3) is 0 Å². The summed E-state index contributed by atoms with van der Waals surface area (Å²) >= 11 is 0. The molecule has 0 amide bonds. The molecule has 0 aliphatic carbocycles. The van der Waals surface area contributed by atoms with Crippen LogP contribution >= 0.6 is 0 Å². The molecule has 20 heavy (non-hydrogen) atoms. The van der Waals surface area contributed by atoms with Crippen LogP contribution in [0, 0.1) is 0 Å². The van der Waals surface area contributed by atoms with E-state index in [0.717, 1.165) is 0 Å². The standard InChI is InChI=1S/C15H22O4S/c1-6-19-14-8-7-12(11(2)16)9-13(14)10-20(17,18)15(3,4)5/h7-9H,6,10H2,1-5H3. The Bertz CT molecular complexity index is 595. The van der Waals surface area contributed by atoms with E-state index in [4.69, 9.17) is 4.74 Å².